The monoisotopic (exact) mass is 552 g/mol. The summed E-state index contributed by atoms with van der Waals surface area (Å²) >= 11 is 0. The van der Waals surface area contributed by atoms with E-state index in [2.05, 4.69) is 25.8 Å². The summed E-state index contributed by atoms with van der Waals surface area (Å²) in [6.07, 6.45) is 16.5. The van der Waals surface area contributed by atoms with Crippen LogP contribution < -0.4 is 17.0 Å². The standard InChI is InChI=1S/C30H53N2O2.BrH/c1-29-13-12-23-22(24(29)19-26(28(29)34)32(3)16-8-5-9-17-32)11-10-21-18-27(33)25(20-30(21,23)2)31-14-6-4-7-15-31;/h21-28,33-34H,4-20H2,1-3H3;1H/q+1;/p-1/t21-,22?,23?,24?,25-,26-,27-,28-,29-,30-;/m0./s1. The Morgan fingerprint density at radius 1 is 0.800 bits per heavy atom. The van der Waals surface area contributed by atoms with E-state index in [9.17, 15) is 10.2 Å². The van der Waals surface area contributed by atoms with Crippen molar-refractivity contribution in [2.75, 3.05) is 33.2 Å². The predicted molar refractivity (Wildman–Crippen MR) is 137 cm³/mol. The molecule has 0 aromatic carbocycles. The van der Waals surface area contributed by atoms with Gasteiger partial charge >= 0.3 is 0 Å². The van der Waals surface area contributed by atoms with Gasteiger partial charge in [-0.3, -0.25) is 4.90 Å². The van der Waals surface area contributed by atoms with Crippen LogP contribution >= 0.6 is 0 Å². The maximum Gasteiger partial charge on any atom is 0.116 e. The van der Waals surface area contributed by atoms with E-state index in [0.717, 1.165) is 22.7 Å². The first-order valence-electron chi connectivity index (χ1n) is 15.2. The third-order valence-corrected chi connectivity index (χ3v) is 13.2. The van der Waals surface area contributed by atoms with Gasteiger partial charge in [-0.1, -0.05) is 20.3 Å². The molecule has 4 aliphatic carbocycles. The minimum absolute atomic E-state index is 0. The molecule has 10 atom stereocenters. The van der Waals surface area contributed by atoms with E-state index in [1.54, 1.807) is 0 Å². The lowest BCUT2D eigenvalue weighted by Gasteiger charge is -2.62. The van der Waals surface area contributed by atoms with Gasteiger partial charge in [0.1, 0.15) is 12.1 Å². The van der Waals surface area contributed by atoms with E-state index in [1.165, 1.54) is 103 Å². The highest BCUT2D eigenvalue weighted by atomic mass is 79.9. The molecule has 202 valence electrons. The van der Waals surface area contributed by atoms with Crippen molar-refractivity contribution in [1.29, 1.82) is 0 Å². The second-order valence-corrected chi connectivity index (χ2v) is 14.6. The molecule has 2 N–H and O–H groups in total. The summed E-state index contributed by atoms with van der Waals surface area (Å²) in [5.41, 5.74) is 0.492. The number of halogens is 1. The van der Waals surface area contributed by atoms with Gasteiger partial charge in [0.05, 0.1) is 26.2 Å². The lowest BCUT2D eigenvalue weighted by Crippen LogP contribution is -3.00. The predicted octanol–water partition coefficient (Wildman–Crippen LogP) is 1.83. The van der Waals surface area contributed by atoms with Gasteiger partial charge in [0.2, 0.25) is 0 Å². The highest BCUT2D eigenvalue weighted by molar-refractivity contribution is 5.13. The fourth-order valence-electron chi connectivity index (χ4n) is 11.0. The molecule has 4 saturated carbocycles. The van der Waals surface area contributed by atoms with Crippen molar-refractivity contribution in [3.05, 3.63) is 0 Å². The van der Waals surface area contributed by atoms with E-state index in [4.69, 9.17) is 0 Å². The molecule has 6 fully saturated rings. The Hall–Kier alpha value is 0.320. The fourth-order valence-corrected chi connectivity index (χ4v) is 11.0. The molecule has 4 nitrogen and oxygen atoms in total. The van der Waals surface area contributed by atoms with Crippen molar-refractivity contribution < 1.29 is 31.7 Å². The number of aliphatic hydroxyl groups is 2. The lowest BCUT2D eigenvalue weighted by molar-refractivity contribution is -0.940. The van der Waals surface area contributed by atoms with Gasteiger partial charge < -0.3 is 31.7 Å². The number of quaternary nitrogens is 1. The van der Waals surface area contributed by atoms with Crippen LogP contribution in [0.25, 0.3) is 0 Å². The Balaban J connectivity index is 0.00000253. The minimum Gasteiger partial charge on any atom is -1.00 e. The second kappa shape index (κ2) is 9.81. The second-order valence-electron chi connectivity index (χ2n) is 14.6. The third kappa shape index (κ3) is 4.21. The maximum atomic E-state index is 11.8. The average Bonchev–Trinajstić information content (AvgIpc) is 3.12. The smallest absolute Gasteiger partial charge is 0.116 e. The molecular weight excluding hydrogens is 500 g/mol. The van der Waals surface area contributed by atoms with Gasteiger partial charge in [-0.05, 0) is 113 Å². The van der Waals surface area contributed by atoms with Crippen molar-refractivity contribution in [2.24, 2.45) is 34.5 Å². The number of likely N-dealkylation sites (N-methyl/N-ethyl adjacent to an activating group) is 1. The third-order valence-electron chi connectivity index (χ3n) is 13.2. The van der Waals surface area contributed by atoms with E-state index >= 15 is 0 Å². The summed E-state index contributed by atoms with van der Waals surface area (Å²) in [4.78, 5) is 2.67. The Morgan fingerprint density at radius 3 is 2.20 bits per heavy atom. The summed E-state index contributed by atoms with van der Waals surface area (Å²) in [5.74, 6) is 2.97. The summed E-state index contributed by atoms with van der Waals surface area (Å²) in [7, 11) is 2.47. The Labute approximate surface area is 225 Å². The van der Waals surface area contributed by atoms with E-state index in [1.807, 2.05) is 0 Å². The molecule has 0 radical (unpaired) electrons. The van der Waals surface area contributed by atoms with Gasteiger partial charge in [-0.2, -0.15) is 0 Å². The normalized spacial score (nSPS) is 52.0. The van der Waals surface area contributed by atoms with Crippen molar-refractivity contribution >= 4 is 0 Å². The number of aliphatic hydroxyl groups excluding tert-OH is 2. The van der Waals surface area contributed by atoms with Crippen molar-refractivity contribution in [3.63, 3.8) is 0 Å². The molecule has 0 spiro atoms. The molecule has 2 saturated heterocycles. The Bertz CT molecular complexity index is 753. The Morgan fingerprint density at radius 2 is 1.49 bits per heavy atom. The molecule has 2 heterocycles. The van der Waals surface area contributed by atoms with Crippen molar-refractivity contribution in [3.8, 4) is 0 Å². The number of rotatable bonds is 2. The quantitative estimate of drug-likeness (QED) is 0.513. The van der Waals surface area contributed by atoms with Crippen LogP contribution in [0.3, 0.4) is 0 Å². The molecule has 6 aliphatic rings. The minimum atomic E-state index is -0.124. The summed E-state index contributed by atoms with van der Waals surface area (Å²) < 4.78 is 1.13. The lowest BCUT2D eigenvalue weighted by atomic mass is 9.44. The molecule has 2 aliphatic heterocycles. The average molecular weight is 554 g/mol. The van der Waals surface area contributed by atoms with Crippen LogP contribution in [0.5, 0.6) is 0 Å². The van der Waals surface area contributed by atoms with Gasteiger partial charge in [-0.25, -0.2) is 0 Å². The molecule has 6 rings (SSSR count). The highest BCUT2D eigenvalue weighted by Crippen LogP contribution is 2.67. The summed E-state index contributed by atoms with van der Waals surface area (Å²) in [6.45, 7) is 10.1. The van der Waals surface area contributed by atoms with Crippen LogP contribution in [-0.2, 0) is 0 Å². The van der Waals surface area contributed by atoms with E-state index < -0.39 is 0 Å². The zero-order chi connectivity index (χ0) is 23.7. The first-order valence-corrected chi connectivity index (χ1v) is 15.2. The Kier molecular flexibility index (Phi) is 7.54. The first-order chi connectivity index (χ1) is 16.3. The SMILES string of the molecule is C[C@]12CCC3C(CC[C@H]4C[C@H](O)[C@@H](N5CCCCC5)C[C@]34C)C1C[C@H]([N+]1(C)CCCCC1)[C@@H]2O.[Br-]. The molecular formula is C30H53BrN2O2. The van der Waals surface area contributed by atoms with Gasteiger partial charge in [0.25, 0.3) is 0 Å². The van der Waals surface area contributed by atoms with Gasteiger partial charge in [-0.15, -0.1) is 0 Å². The van der Waals surface area contributed by atoms with Crippen LogP contribution in [0, 0.1) is 34.5 Å². The molecule has 0 aromatic rings. The first kappa shape index (κ1) is 26.9. The molecule has 3 unspecified atom stereocenters. The molecule has 0 amide bonds. The van der Waals surface area contributed by atoms with Crippen LogP contribution in [0.15, 0.2) is 0 Å². The molecule has 0 bridgehead atoms. The van der Waals surface area contributed by atoms with Crippen LogP contribution in [0.2, 0.25) is 0 Å². The molecule has 0 aromatic heterocycles. The number of likely N-dealkylation sites (tertiary alicyclic amines) is 2. The maximum absolute atomic E-state index is 11.8. The molecule has 5 heteroatoms. The van der Waals surface area contributed by atoms with Crippen LogP contribution in [-0.4, -0.2) is 77.1 Å². The van der Waals surface area contributed by atoms with E-state index in [-0.39, 0.29) is 34.6 Å². The highest BCUT2D eigenvalue weighted by Gasteiger charge is 2.65. The molecule has 35 heavy (non-hydrogen) atoms. The fraction of sp³-hybridized carbons (Fsp3) is 1.00. The van der Waals surface area contributed by atoms with Gasteiger partial charge in [0.15, 0.2) is 0 Å². The number of hydrogen-bond acceptors (Lipinski definition) is 3. The van der Waals surface area contributed by atoms with Gasteiger partial charge in [0, 0.05) is 17.9 Å². The zero-order valence-electron chi connectivity index (χ0n) is 22.8. The topological polar surface area (TPSA) is 43.7 Å². The van der Waals surface area contributed by atoms with Crippen LogP contribution in [0.1, 0.15) is 97.3 Å². The largest absolute Gasteiger partial charge is 1.00 e. The zero-order valence-corrected chi connectivity index (χ0v) is 24.4. The number of piperidine rings is 2. The van der Waals surface area contributed by atoms with Crippen molar-refractivity contribution in [2.45, 2.75) is 122 Å². The van der Waals surface area contributed by atoms with Crippen molar-refractivity contribution in [1.82, 2.24) is 4.90 Å². The number of hydrogen-bond donors (Lipinski definition) is 2. The van der Waals surface area contributed by atoms with E-state index in [0.29, 0.717) is 29.3 Å². The summed E-state index contributed by atoms with van der Waals surface area (Å²) in [5, 5.41) is 23.1. The number of nitrogens with zero attached hydrogens (tertiary/aromatic N) is 2. The summed E-state index contributed by atoms with van der Waals surface area (Å²) in [6, 6.07) is 0.835. The van der Waals surface area contributed by atoms with Crippen LogP contribution in [0.4, 0.5) is 0 Å². The number of fused-ring (bicyclic) bond motifs is 5.